The fourth-order valence-corrected chi connectivity index (χ4v) is 1.88. The standard InChI is InChI=1S/C11H11ClO4/c12-10-7(2-1-3-13)11-9(6-8(10)14)15-4-5-16-11/h3,6,14H,1-2,4-5H2. The normalized spacial score (nSPS) is 13.6. The van der Waals surface area contributed by atoms with Crippen LogP contribution in [0.4, 0.5) is 0 Å². The van der Waals surface area contributed by atoms with Crippen LogP contribution in [-0.4, -0.2) is 24.6 Å². The monoisotopic (exact) mass is 242 g/mol. The molecule has 0 bridgehead atoms. The second-order valence-electron chi connectivity index (χ2n) is 3.42. The molecule has 0 amide bonds. The Balaban J connectivity index is 2.45. The van der Waals surface area contributed by atoms with Gasteiger partial charge >= 0.3 is 0 Å². The third-order valence-corrected chi connectivity index (χ3v) is 2.78. The Morgan fingerprint density at radius 1 is 1.44 bits per heavy atom. The van der Waals surface area contributed by atoms with E-state index in [9.17, 15) is 9.90 Å². The Labute approximate surface area is 97.7 Å². The highest BCUT2D eigenvalue weighted by molar-refractivity contribution is 6.33. The maximum atomic E-state index is 10.4. The molecular formula is C11H11ClO4. The largest absolute Gasteiger partial charge is 0.506 e. The van der Waals surface area contributed by atoms with Crippen LogP contribution in [0.25, 0.3) is 0 Å². The van der Waals surface area contributed by atoms with Crippen molar-refractivity contribution in [3.05, 3.63) is 16.7 Å². The van der Waals surface area contributed by atoms with Crippen LogP contribution < -0.4 is 9.47 Å². The molecule has 0 aliphatic carbocycles. The molecule has 1 heterocycles. The first-order chi connectivity index (χ1) is 7.74. The molecule has 0 atom stereocenters. The summed E-state index contributed by atoms with van der Waals surface area (Å²) >= 11 is 5.96. The number of fused-ring (bicyclic) bond motifs is 1. The minimum atomic E-state index is -0.0492. The molecule has 1 aromatic rings. The molecule has 0 fully saturated rings. The van der Waals surface area contributed by atoms with Gasteiger partial charge in [-0.05, 0) is 6.42 Å². The lowest BCUT2D eigenvalue weighted by Crippen LogP contribution is -2.16. The molecular weight excluding hydrogens is 232 g/mol. The number of aldehydes is 1. The maximum Gasteiger partial charge on any atom is 0.166 e. The molecule has 0 unspecified atom stereocenters. The molecule has 16 heavy (non-hydrogen) atoms. The van der Waals surface area contributed by atoms with Gasteiger partial charge in [-0.3, -0.25) is 0 Å². The second-order valence-corrected chi connectivity index (χ2v) is 3.80. The molecule has 5 heteroatoms. The van der Waals surface area contributed by atoms with Gasteiger partial charge in [-0.25, -0.2) is 0 Å². The zero-order chi connectivity index (χ0) is 11.5. The van der Waals surface area contributed by atoms with Gasteiger partial charge < -0.3 is 19.4 Å². The minimum Gasteiger partial charge on any atom is -0.506 e. The molecule has 4 nitrogen and oxygen atoms in total. The Bertz CT molecular complexity index is 417. The smallest absolute Gasteiger partial charge is 0.166 e. The van der Waals surface area contributed by atoms with Gasteiger partial charge in [-0.1, -0.05) is 11.6 Å². The minimum absolute atomic E-state index is 0.0492. The van der Waals surface area contributed by atoms with Crippen LogP contribution in [0.3, 0.4) is 0 Å². The molecule has 0 saturated heterocycles. The molecule has 1 aliphatic heterocycles. The van der Waals surface area contributed by atoms with E-state index in [2.05, 4.69) is 0 Å². The van der Waals surface area contributed by atoms with Gasteiger partial charge in [0, 0.05) is 18.1 Å². The van der Waals surface area contributed by atoms with Crippen molar-refractivity contribution in [3.63, 3.8) is 0 Å². The van der Waals surface area contributed by atoms with E-state index < -0.39 is 0 Å². The van der Waals surface area contributed by atoms with E-state index in [0.29, 0.717) is 43.1 Å². The van der Waals surface area contributed by atoms with Crippen molar-refractivity contribution in [3.8, 4) is 17.2 Å². The summed E-state index contributed by atoms with van der Waals surface area (Å²) in [5.41, 5.74) is 0.628. The first-order valence-corrected chi connectivity index (χ1v) is 5.35. The molecule has 86 valence electrons. The Morgan fingerprint density at radius 2 is 2.19 bits per heavy atom. The Morgan fingerprint density at radius 3 is 2.94 bits per heavy atom. The summed E-state index contributed by atoms with van der Waals surface area (Å²) in [7, 11) is 0. The Hall–Kier alpha value is -1.42. The number of aromatic hydroxyl groups is 1. The van der Waals surface area contributed by atoms with Crippen molar-refractivity contribution in [1.82, 2.24) is 0 Å². The predicted molar refractivity (Wildman–Crippen MR) is 58.5 cm³/mol. The number of benzene rings is 1. The predicted octanol–water partition coefficient (Wildman–Crippen LogP) is 1.95. The van der Waals surface area contributed by atoms with Crippen molar-refractivity contribution in [2.24, 2.45) is 0 Å². The van der Waals surface area contributed by atoms with Gasteiger partial charge in [0.1, 0.15) is 25.2 Å². The van der Waals surface area contributed by atoms with Gasteiger partial charge in [0.2, 0.25) is 0 Å². The average Bonchev–Trinajstić information content (AvgIpc) is 2.30. The number of ether oxygens (including phenoxy) is 2. The molecule has 0 radical (unpaired) electrons. The number of carbonyl (C=O) groups excluding carboxylic acids is 1. The number of phenolic OH excluding ortho intramolecular Hbond substituents is 1. The van der Waals surface area contributed by atoms with E-state index in [1.807, 2.05) is 0 Å². The quantitative estimate of drug-likeness (QED) is 0.823. The summed E-state index contributed by atoms with van der Waals surface area (Å²) in [6.45, 7) is 0.892. The summed E-state index contributed by atoms with van der Waals surface area (Å²) < 4.78 is 10.8. The van der Waals surface area contributed by atoms with E-state index in [0.717, 1.165) is 6.29 Å². The van der Waals surface area contributed by atoms with Crippen LogP contribution >= 0.6 is 11.6 Å². The number of rotatable bonds is 3. The molecule has 1 aliphatic rings. The number of hydrogen-bond donors (Lipinski definition) is 1. The van der Waals surface area contributed by atoms with Gasteiger partial charge in [-0.2, -0.15) is 0 Å². The number of carbonyl (C=O) groups is 1. The van der Waals surface area contributed by atoms with Crippen LogP contribution in [0.1, 0.15) is 12.0 Å². The van der Waals surface area contributed by atoms with Gasteiger partial charge in [-0.15, -0.1) is 0 Å². The highest BCUT2D eigenvalue weighted by Gasteiger charge is 2.21. The summed E-state index contributed by atoms with van der Waals surface area (Å²) in [6.07, 6.45) is 1.57. The maximum absolute atomic E-state index is 10.4. The lowest BCUT2D eigenvalue weighted by Gasteiger charge is -2.22. The third-order valence-electron chi connectivity index (χ3n) is 2.36. The van der Waals surface area contributed by atoms with Crippen LogP contribution in [-0.2, 0) is 11.2 Å². The summed E-state index contributed by atoms with van der Waals surface area (Å²) in [5.74, 6) is 0.969. The third kappa shape index (κ3) is 1.93. The van der Waals surface area contributed by atoms with E-state index in [-0.39, 0.29) is 10.8 Å². The summed E-state index contributed by atoms with van der Waals surface area (Å²) in [5, 5.41) is 9.83. The molecule has 0 aromatic heterocycles. The zero-order valence-electron chi connectivity index (χ0n) is 8.53. The van der Waals surface area contributed by atoms with Crippen molar-refractivity contribution in [2.45, 2.75) is 12.8 Å². The lowest BCUT2D eigenvalue weighted by atomic mass is 10.1. The van der Waals surface area contributed by atoms with E-state index in [4.69, 9.17) is 21.1 Å². The van der Waals surface area contributed by atoms with E-state index >= 15 is 0 Å². The van der Waals surface area contributed by atoms with Crippen LogP contribution in [0.5, 0.6) is 17.2 Å². The van der Waals surface area contributed by atoms with Gasteiger partial charge in [0.15, 0.2) is 11.5 Å². The fourth-order valence-electron chi connectivity index (χ4n) is 1.64. The van der Waals surface area contributed by atoms with E-state index in [1.165, 1.54) is 6.07 Å². The topological polar surface area (TPSA) is 55.8 Å². The summed E-state index contributed by atoms with van der Waals surface area (Å²) in [6, 6.07) is 1.43. The van der Waals surface area contributed by atoms with Crippen molar-refractivity contribution < 1.29 is 19.4 Å². The highest BCUT2D eigenvalue weighted by Crippen LogP contribution is 2.43. The van der Waals surface area contributed by atoms with Gasteiger partial charge in [0.05, 0.1) is 5.02 Å². The van der Waals surface area contributed by atoms with Crippen LogP contribution in [0, 0.1) is 0 Å². The van der Waals surface area contributed by atoms with Crippen molar-refractivity contribution in [1.29, 1.82) is 0 Å². The number of phenols is 1. The number of hydrogen-bond acceptors (Lipinski definition) is 4. The van der Waals surface area contributed by atoms with Gasteiger partial charge in [0.25, 0.3) is 0 Å². The first-order valence-electron chi connectivity index (χ1n) is 4.97. The Kier molecular flexibility index (Phi) is 3.19. The number of halogens is 1. The van der Waals surface area contributed by atoms with E-state index in [1.54, 1.807) is 0 Å². The second kappa shape index (κ2) is 4.61. The highest BCUT2D eigenvalue weighted by atomic mass is 35.5. The molecule has 0 saturated carbocycles. The van der Waals surface area contributed by atoms with Crippen LogP contribution in [0.2, 0.25) is 5.02 Å². The SMILES string of the molecule is O=CCCc1c(Cl)c(O)cc2c1OCCO2. The first kappa shape index (κ1) is 11.1. The molecule has 1 N–H and O–H groups in total. The zero-order valence-corrected chi connectivity index (χ0v) is 9.29. The van der Waals surface area contributed by atoms with Crippen LogP contribution in [0.15, 0.2) is 6.07 Å². The fraction of sp³-hybridized carbons (Fsp3) is 0.364. The molecule has 1 aromatic carbocycles. The average molecular weight is 243 g/mol. The molecule has 0 spiro atoms. The van der Waals surface area contributed by atoms with Crippen molar-refractivity contribution >= 4 is 17.9 Å². The summed E-state index contributed by atoms with van der Waals surface area (Å²) in [4.78, 5) is 10.4. The molecule has 2 rings (SSSR count). The lowest BCUT2D eigenvalue weighted by molar-refractivity contribution is -0.107. The van der Waals surface area contributed by atoms with Crippen molar-refractivity contribution in [2.75, 3.05) is 13.2 Å².